The number of hydrogen-bond acceptors (Lipinski definition) is 5. The van der Waals surface area contributed by atoms with E-state index in [1.165, 1.54) is 0 Å². The second-order valence-corrected chi connectivity index (χ2v) is 4.69. The molecule has 22 heavy (non-hydrogen) atoms. The minimum Gasteiger partial charge on any atom is -0.497 e. The average Bonchev–Trinajstić information content (AvgIpc) is 2.59. The Morgan fingerprint density at radius 1 is 0.682 bits per heavy atom. The van der Waals surface area contributed by atoms with Gasteiger partial charge in [0.05, 0.1) is 34.5 Å². The van der Waals surface area contributed by atoms with Gasteiger partial charge in [-0.05, 0) is 24.3 Å². The fraction of sp³-hybridized carbons (Fsp3) is 0.294. The first kappa shape index (κ1) is 16.0. The normalized spacial score (nSPS) is 10.5. The topological polar surface area (TPSA) is 62.9 Å². The predicted molar refractivity (Wildman–Crippen MR) is 85.1 cm³/mol. The van der Waals surface area contributed by atoms with Crippen LogP contribution in [0, 0.1) is 0 Å². The first-order valence-electron chi connectivity index (χ1n) is 6.84. The van der Waals surface area contributed by atoms with E-state index in [0.717, 1.165) is 22.6 Å². The van der Waals surface area contributed by atoms with Gasteiger partial charge < -0.3 is 24.7 Å². The molecule has 0 bridgehead atoms. The predicted octanol–water partition coefficient (Wildman–Crippen LogP) is 2.77. The molecule has 0 heterocycles. The maximum atomic E-state index is 6.41. The maximum absolute atomic E-state index is 6.41. The summed E-state index contributed by atoms with van der Waals surface area (Å²) in [4.78, 5) is 0. The molecule has 2 aromatic rings. The van der Waals surface area contributed by atoms with Crippen LogP contribution < -0.4 is 24.7 Å². The van der Waals surface area contributed by atoms with Crippen LogP contribution in [0.15, 0.2) is 36.4 Å². The Kier molecular flexibility index (Phi) is 5.12. The van der Waals surface area contributed by atoms with E-state index in [9.17, 15) is 0 Å². The molecular weight excluding hydrogens is 282 g/mol. The van der Waals surface area contributed by atoms with Crippen LogP contribution in [0.5, 0.6) is 23.0 Å². The van der Waals surface area contributed by atoms with Crippen molar-refractivity contribution in [2.24, 2.45) is 5.73 Å². The molecule has 2 N–H and O–H groups in total. The zero-order valence-corrected chi connectivity index (χ0v) is 13.3. The smallest absolute Gasteiger partial charge is 0.127 e. The summed E-state index contributed by atoms with van der Waals surface area (Å²) >= 11 is 0. The van der Waals surface area contributed by atoms with Gasteiger partial charge in [0.1, 0.15) is 23.0 Å². The van der Waals surface area contributed by atoms with Gasteiger partial charge in [-0.3, -0.25) is 0 Å². The molecule has 0 fully saturated rings. The summed E-state index contributed by atoms with van der Waals surface area (Å²) < 4.78 is 21.3. The molecule has 2 aromatic carbocycles. The average molecular weight is 303 g/mol. The van der Waals surface area contributed by atoms with Crippen molar-refractivity contribution in [1.29, 1.82) is 0 Å². The molecule has 0 radical (unpaired) electrons. The Morgan fingerprint density at radius 3 is 1.41 bits per heavy atom. The molecule has 0 aromatic heterocycles. The minimum absolute atomic E-state index is 0.387. The lowest BCUT2D eigenvalue weighted by Crippen LogP contribution is -2.14. The molecule has 0 aliphatic heterocycles. The number of hydrogen-bond donors (Lipinski definition) is 1. The van der Waals surface area contributed by atoms with Gasteiger partial charge in [0.2, 0.25) is 0 Å². The lowest BCUT2D eigenvalue weighted by atomic mass is 9.97. The summed E-state index contributed by atoms with van der Waals surface area (Å²) in [6.45, 7) is 0. The highest BCUT2D eigenvalue weighted by atomic mass is 16.5. The summed E-state index contributed by atoms with van der Waals surface area (Å²) in [5.41, 5.74) is 8.12. The lowest BCUT2D eigenvalue weighted by molar-refractivity contribution is 0.384. The third kappa shape index (κ3) is 3.09. The first-order chi connectivity index (χ1) is 10.6. The summed E-state index contributed by atoms with van der Waals surface area (Å²) in [6, 6.07) is 10.7. The number of benzene rings is 2. The number of rotatable bonds is 6. The summed E-state index contributed by atoms with van der Waals surface area (Å²) in [5.74, 6) is 2.78. The van der Waals surface area contributed by atoms with Gasteiger partial charge in [-0.2, -0.15) is 0 Å². The molecule has 0 atom stereocenters. The van der Waals surface area contributed by atoms with Gasteiger partial charge in [0.25, 0.3) is 0 Å². The fourth-order valence-corrected chi connectivity index (χ4v) is 2.32. The van der Waals surface area contributed by atoms with Crippen LogP contribution in [0.4, 0.5) is 0 Å². The number of nitrogens with two attached hydrogens (primary N) is 1. The van der Waals surface area contributed by atoms with Gasteiger partial charge >= 0.3 is 0 Å². The van der Waals surface area contributed by atoms with E-state index in [2.05, 4.69) is 0 Å². The molecule has 0 aliphatic rings. The Labute approximate surface area is 130 Å². The summed E-state index contributed by atoms with van der Waals surface area (Å²) in [6.07, 6.45) is 0. The Hall–Kier alpha value is -2.40. The second kappa shape index (κ2) is 7.04. The zero-order valence-electron chi connectivity index (χ0n) is 13.3. The van der Waals surface area contributed by atoms with E-state index >= 15 is 0 Å². The monoisotopic (exact) mass is 303 g/mol. The highest BCUT2D eigenvalue weighted by molar-refractivity contribution is 5.50. The van der Waals surface area contributed by atoms with E-state index in [-0.39, 0.29) is 6.04 Å². The van der Waals surface area contributed by atoms with Crippen LogP contribution in [0.3, 0.4) is 0 Å². The molecule has 0 spiro atoms. The molecule has 0 saturated carbocycles. The van der Waals surface area contributed by atoms with Crippen LogP contribution in [-0.4, -0.2) is 28.4 Å². The molecule has 2 rings (SSSR count). The molecular formula is C17H21NO4. The Balaban J connectivity index is 2.45. The quantitative estimate of drug-likeness (QED) is 0.889. The maximum Gasteiger partial charge on any atom is 0.127 e. The fourth-order valence-electron chi connectivity index (χ4n) is 2.32. The first-order valence-corrected chi connectivity index (χ1v) is 6.84. The van der Waals surface area contributed by atoms with E-state index in [1.807, 2.05) is 36.4 Å². The Morgan fingerprint density at radius 2 is 1.09 bits per heavy atom. The molecule has 118 valence electrons. The lowest BCUT2D eigenvalue weighted by Gasteiger charge is -2.19. The summed E-state index contributed by atoms with van der Waals surface area (Å²) in [7, 11) is 6.44. The van der Waals surface area contributed by atoms with Crippen molar-refractivity contribution in [3.63, 3.8) is 0 Å². The molecule has 0 unspecified atom stereocenters. The van der Waals surface area contributed by atoms with Crippen LogP contribution in [-0.2, 0) is 0 Å². The molecule has 5 heteroatoms. The van der Waals surface area contributed by atoms with Crippen LogP contribution >= 0.6 is 0 Å². The highest BCUT2D eigenvalue weighted by Crippen LogP contribution is 2.36. The molecule has 5 nitrogen and oxygen atoms in total. The third-order valence-electron chi connectivity index (χ3n) is 3.55. The molecule has 0 saturated heterocycles. The van der Waals surface area contributed by atoms with Crippen LogP contribution in [0.2, 0.25) is 0 Å². The standard InChI is InChI=1S/C17H21NO4/c1-19-11-5-7-13(15(9-11)21-3)17(18)14-8-6-12(20-2)10-16(14)22-4/h5-10,17H,18H2,1-4H3. The van der Waals surface area contributed by atoms with E-state index in [0.29, 0.717) is 11.5 Å². The van der Waals surface area contributed by atoms with Crippen molar-refractivity contribution >= 4 is 0 Å². The van der Waals surface area contributed by atoms with E-state index < -0.39 is 0 Å². The highest BCUT2D eigenvalue weighted by Gasteiger charge is 2.19. The van der Waals surface area contributed by atoms with E-state index in [1.54, 1.807) is 28.4 Å². The van der Waals surface area contributed by atoms with Crippen molar-refractivity contribution in [3.05, 3.63) is 47.5 Å². The van der Waals surface area contributed by atoms with Crippen molar-refractivity contribution in [1.82, 2.24) is 0 Å². The largest absolute Gasteiger partial charge is 0.497 e. The number of ether oxygens (including phenoxy) is 4. The number of methoxy groups -OCH3 is 4. The van der Waals surface area contributed by atoms with Gasteiger partial charge in [-0.15, -0.1) is 0 Å². The third-order valence-corrected chi connectivity index (χ3v) is 3.55. The Bertz CT molecular complexity index is 587. The van der Waals surface area contributed by atoms with Gasteiger partial charge in [-0.25, -0.2) is 0 Å². The molecule has 0 amide bonds. The van der Waals surface area contributed by atoms with Crippen LogP contribution in [0.25, 0.3) is 0 Å². The van der Waals surface area contributed by atoms with Crippen molar-refractivity contribution in [2.45, 2.75) is 6.04 Å². The molecule has 0 aliphatic carbocycles. The SMILES string of the molecule is COc1ccc(C(N)c2ccc(OC)cc2OC)c(OC)c1. The zero-order chi connectivity index (χ0) is 16.1. The van der Waals surface area contributed by atoms with Crippen molar-refractivity contribution in [2.75, 3.05) is 28.4 Å². The van der Waals surface area contributed by atoms with E-state index in [4.69, 9.17) is 24.7 Å². The van der Waals surface area contributed by atoms with Crippen molar-refractivity contribution in [3.8, 4) is 23.0 Å². The minimum atomic E-state index is -0.387. The van der Waals surface area contributed by atoms with Crippen molar-refractivity contribution < 1.29 is 18.9 Å². The van der Waals surface area contributed by atoms with Crippen LogP contribution in [0.1, 0.15) is 17.2 Å². The van der Waals surface area contributed by atoms with Gasteiger partial charge in [0, 0.05) is 23.3 Å². The van der Waals surface area contributed by atoms with Gasteiger partial charge in [0.15, 0.2) is 0 Å². The van der Waals surface area contributed by atoms with Gasteiger partial charge in [-0.1, -0.05) is 0 Å². The summed E-state index contributed by atoms with van der Waals surface area (Å²) in [5, 5.41) is 0. The second-order valence-electron chi connectivity index (χ2n) is 4.69.